The van der Waals surface area contributed by atoms with Crippen molar-refractivity contribution >= 4 is 5.97 Å². The molecular formula is C9H17O2. The highest BCUT2D eigenvalue weighted by molar-refractivity contribution is 5.70. The second kappa shape index (κ2) is 6.20. The topological polar surface area (TPSA) is 26.3 Å². The lowest BCUT2D eigenvalue weighted by Crippen LogP contribution is -2.16. The van der Waals surface area contributed by atoms with E-state index < -0.39 is 0 Å². The van der Waals surface area contributed by atoms with Gasteiger partial charge in [-0.2, -0.15) is 0 Å². The molecule has 0 heterocycles. The van der Waals surface area contributed by atoms with E-state index in [4.69, 9.17) is 4.74 Å². The molecule has 11 heavy (non-hydrogen) atoms. The van der Waals surface area contributed by atoms with Gasteiger partial charge in [-0.15, -0.1) is 0 Å². The Morgan fingerprint density at radius 3 is 2.55 bits per heavy atom. The summed E-state index contributed by atoms with van der Waals surface area (Å²) in [5.41, 5.74) is 0. The standard InChI is InChI=1S/C9H17O2/c1-4-7-8(5-2)11-9(10)6-3/h8H,3-7H2,1-2H3. The van der Waals surface area contributed by atoms with Crippen LogP contribution in [0, 0.1) is 6.92 Å². The summed E-state index contributed by atoms with van der Waals surface area (Å²) in [7, 11) is 0. The predicted molar refractivity (Wildman–Crippen MR) is 45.1 cm³/mol. The van der Waals surface area contributed by atoms with E-state index in [1.165, 1.54) is 0 Å². The molecule has 0 amide bonds. The molecule has 2 nitrogen and oxygen atoms in total. The molecule has 0 N–H and O–H groups in total. The van der Waals surface area contributed by atoms with Crippen LogP contribution in [0.1, 0.15) is 39.5 Å². The third-order valence-electron chi connectivity index (χ3n) is 1.57. The summed E-state index contributed by atoms with van der Waals surface area (Å²) in [4.78, 5) is 10.8. The van der Waals surface area contributed by atoms with Crippen LogP contribution in [0.3, 0.4) is 0 Å². The number of carbonyl (C=O) groups excluding carboxylic acids is 1. The fourth-order valence-corrected chi connectivity index (χ4v) is 0.913. The minimum Gasteiger partial charge on any atom is -0.462 e. The smallest absolute Gasteiger partial charge is 0.306 e. The minimum atomic E-state index is -0.190. The van der Waals surface area contributed by atoms with E-state index >= 15 is 0 Å². The summed E-state index contributed by atoms with van der Waals surface area (Å²) in [5.74, 6) is -0.190. The Hall–Kier alpha value is -0.530. The largest absolute Gasteiger partial charge is 0.462 e. The SMILES string of the molecule is [CH2]CC(=O)OC(CC)CCC. The first-order chi connectivity index (χ1) is 5.24. The van der Waals surface area contributed by atoms with Gasteiger partial charge in [-0.3, -0.25) is 4.79 Å². The third-order valence-corrected chi connectivity index (χ3v) is 1.57. The molecule has 1 atom stereocenters. The Morgan fingerprint density at radius 1 is 1.55 bits per heavy atom. The molecule has 1 unspecified atom stereocenters. The van der Waals surface area contributed by atoms with Gasteiger partial charge in [-0.1, -0.05) is 20.3 Å². The normalized spacial score (nSPS) is 12.6. The van der Waals surface area contributed by atoms with Crippen molar-refractivity contribution in [2.75, 3.05) is 0 Å². The van der Waals surface area contributed by atoms with Gasteiger partial charge in [-0.25, -0.2) is 0 Å². The van der Waals surface area contributed by atoms with E-state index in [0.717, 1.165) is 19.3 Å². The van der Waals surface area contributed by atoms with Crippen molar-refractivity contribution in [3.63, 3.8) is 0 Å². The lowest BCUT2D eigenvalue weighted by molar-refractivity contribution is -0.148. The Bertz CT molecular complexity index is 110. The molecule has 1 radical (unpaired) electrons. The van der Waals surface area contributed by atoms with Gasteiger partial charge in [-0.05, 0) is 19.8 Å². The van der Waals surface area contributed by atoms with Crippen LogP contribution in [0.5, 0.6) is 0 Å². The predicted octanol–water partition coefficient (Wildman–Crippen LogP) is 2.33. The Kier molecular flexibility index (Phi) is 5.90. The third kappa shape index (κ3) is 4.82. The highest BCUT2D eigenvalue weighted by Crippen LogP contribution is 2.06. The highest BCUT2D eigenvalue weighted by atomic mass is 16.5. The van der Waals surface area contributed by atoms with Crippen LogP contribution >= 0.6 is 0 Å². The monoisotopic (exact) mass is 157 g/mol. The molecular weight excluding hydrogens is 140 g/mol. The second-order valence-corrected chi connectivity index (χ2v) is 2.56. The summed E-state index contributed by atoms with van der Waals surface area (Å²) < 4.78 is 5.09. The van der Waals surface area contributed by atoms with Crippen LogP contribution in [-0.2, 0) is 9.53 Å². The quantitative estimate of drug-likeness (QED) is 0.572. The number of hydrogen-bond acceptors (Lipinski definition) is 2. The second-order valence-electron chi connectivity index (χ2n) is 2.56. The van der Waals surface area contributed by atoms with E-state index in [2.05, 4.69) is 13.8 Å². The van der Waals surface area contributed by atoms with E-state index in [1.807, 2.05) is 6.92 Å². The van der Waals surface area contributed by atoms with Crippen LogP contribution in [0.25, 0.3) is 0 Å². The van der Waals surface area contributed by atoms with Crippen molar-refractivity contribution < 1.29 is 9.53 Å². The number of carbonyl (C=O) groups is 1. The molecule has 0 saturated heterocycles. The lowest BCUT2D eigenvalue weighted by atomic mass is 10.1. The summed E-state index contributed by atoms with van der Waals surface area (Å²) in [5, 5.41) is 0. The zero-order valence-corrected chi connectivity index (χ0v) is 7.43. The summed E-state index contributed by atoms with van der Waals surface area (Å²) in [6, 6.07) is 0. The first-order valence-corrected chi connectivity index (χ1v) is 4.23. The molecule has 0 aromatic rings. The average Bonchev–Trinajstić information content (AvgIpc) is 2.03. The Balaban J connectivity index is 3.58. The maximum Gasteiger partial charge on any atom is 0.306 e. The van der Waals surface area contributed by atoms with Gasteiger partial charge in [0.15, 0.2) is 0 Å². The highest BCUT2D eigenvalue weighted by Gasteiger charge is 2.08. The molecule has 0 aliphatic carbocycles. The van der Waals surface area contributed by atoms with Crippen LogP contribution in [0.4, 0.5) is 0 Å². The van der Waals surface area contributed by atoms with Gasteiger partial charge >= 0.3 is 5.97 Å². The lowest BCUT2D eigenvalue weighted by Gasteiger charge is -2.13. The molecule has 2 heteroatoms. The molecule has 0 aromatic heterocycles. The Morgan fingerprint density at radius 2 is 2.18 bits per heavy atom. The van der Waals surface area contributed by atoms with Gasteiger partial charge in [0.1, 0.15) is 6.10 Å². The zero-order valence-electron chi connectivity index (χ0n) is 7.43. The van der Waals surface area contributed by atoms with E-state index in [9.17, 15) is 4.79 Å². The maximum atomic E-state index is 10.8. The van der Waals surface area contributed by atoms with Gasteiger partial charge in [0.2, 0.25) is 0 Å². The average molecular weight is 157 g/mol. The van der Waals surface area contributed by atoms with Gasteiger partial charge in [0.05, 0.1) is 0 Å². The number of esters is 1. The molecule has 0 rings (SSSR count). The van der Waals surface area contributed by atoms with Crippen LogP contribution in [0.15, 0.2) is 0 Å². The molecule has 0 saturated carbocycles. The summed E-state index contributed by atoms with van der Waals surface area (Å²) in [6.45, 7) is 7.57. The fourth-order valence-electron chi connectivity index (χ4n) is 0.913. The molecule has 0 aromatic carbocycles. The van der Waals surface area contributed by atoms with Crippen molar-refractivity contribution in [3.8, 4) is 0 Å². The van der Waals surface area contributed by atoms with E-state index in [0.29, 0.717) is 0 Å². The molecule has 0 aliphatic heterocycles. The number of hydrogen-bond donors (Lipinski definition) is 0. The first-order valence-electron chi connectivity index (χ1n) is 4.23. The molecule has 0 bridgehead atoms. The van der Waals surface area contributed by atoms with Crippen molar-refractivity contribution in [2.45, 2.75) is 45.6 Å². The molecule has 0 fully saturated rings. The molecule has 65 valence electrons. The Labute approximate surface area is 68.9 Å². The summed E-state index contributed by atoms with van der Waals surface area (Å²) in [6.07, 6.45) is 3.26. The first kappa shape index (κ1) is 10.5. The van der Waals surface area contributed by atoms with Gasteiger partial charge < -0.3 is 4.74 Å². The van der Waals surface area contributed by atoms with E-state index in [-0.39, 0.29) is 18.5 Å². The zero-order chi connectivity index (χ0) is 8.69. The minimum absolute atomic E-state index is 0.106. The van der Waals surface area contributed by atoms with Crippen LogP contribution in [-0.4, -0.2) is 12.1 Å². The van der Waals surface area contributed by atoms with Crippen LogP contribution in [0.2, 0.25) is 0 Å². The van der Waals surface area contributed by atoms with Crippen molar-refractivity contribution in [1.82, 2.24) is 0 Å². The van der Waals surface area contributed by atoms with Crippen molar-refractivity contribution in [3.05, 3.63) is 6.92 Å². The summed E-state index contributed by atoms with van der Waals surface area (Å²) >= 11 is 0. The molecule has 0 spiro atoms. The number of rotatable bonds is 5. The molecule has 0 aliphatic rings. The van der Waals surface area contributed by atoms with E-state index in [1.54, 1.807) is 0 Å². The van der Waals surface area contributed by atoms with Crippen molar-refractivity contribution in [2.24, 2.45) is 0 Å². The van der Waals surface area contributed by atoms with Gasteiger partial charge in [0, 0.05) is 6.42 Å². The van der Waals surface area contributed by atoms with Crippen LogP contribution < -0.4 is 0 Å². The fraction of sp³-hybridized carbons (Fsp3) is 0.778. The maximum absolute atomic E-state index is 10.8. The van der Waals surface area contributed by atoms with Gasteiger partial charge in [0.25, 0.3) is 0 Å². The van der Waals surface area contributed by atoms with Crippen molar-refractivity contribution in [1.29, 1.82) is 0 Å². The number of ether oxygens (including phenoxy) is 1.